The Morgan fingerprint density at radius 3 is 2.39 bits per heavy atom. The molecule has 0 aromatic rings. The number of nitrogens with zero attached hydrogens (tertiary/aromatic N) is 1. The molecule has 2 rings (SSSR count). The van der Waals surface area contributed by atoms with E-state index in [1.807, 2.05) is 11.9 Å². The third kappa shape index (κ3) is 2.87. The van der Waals surface area contributed by atoms with Crippen LogP contribution in [0, 0.1) is 11.3 Å². The quantitative estimate of drug-likeness (QED) is 0.818. The van der Waals surface area contributed by atoms with E-state index in [1.54, 1.807) is 0 Å². The minimum Gasteiger partial charge on any atom is -0.344 e. The molecule has 1 N–H and O–H groups in total. The lowest BCUT2D eigenvalue weighted by Crippen LogP contribution is -2.50. The Bertz CT molecular complexity index is 308. The van der Waals surface area contributed by atoms with Crippen molar-refractivity contribution in [2.24, 2.45) is 11.3 Å². The van der Waals surface area contributed by atoms with Crippen LogP contribution in [-0.2, 0) is 4.79 Å². The van der Waals surface area contributed by atoms with Crippen molar-refractivity contribution in [3.8, 4) is 0 Å². The van der Waals surface area contributed by atoms with Crippen LogP contribution in [-0.4, -0.2) is 36.5 Å². The molecule has 1 aliphatic carbocycles. The van der Waals surface area contributed by atoms with Crippen LogP contribution in [0.4, 0.5) is 0 Å². The van der Waals surface area contributed by atoms with Crippen LogP contribution in [0.1, 0.15) is 52.9 Å². The number of likely N-dealkylation sites (tertiary alicyclic amines) is 1. The van der Waals surface area contributed by atoms with Crippen LogP contribution in [0.2, 0.25) is 0 Å². The minimum absolute atomic E-state index is 0.0722. The number of hydrogen-bond donors (Lipinski definition) is 1. The maximum absolute atomic E-state index is 12.0. The van der Waals surface area contributed by atoms with Gasteiger partial charge in [-0.3, -0.25) is 4.79 Å². The first kappa shape index (κ1) is 13.9. The number of likely N-dealkylation sites (N-methyl/N-ethyl adjacent to an activating group) is 1. The third-order valence-electron chi connectivity index (χ3n) is 4.72. The highest BCUT2D eigenvalue weighted by atomic mass is 16.2. The molecule has 0 bridgehead atoms. The van der Waals surface area contributed by atoms with Gasteiger partial charge in [0, 0.05) is 19.6 Å². The van der Waals surface area contributed by atoms with Gasteiger partial charge in [-0.25, -0.2) is 0 Å². The van der Waals surface area contributed by atoms with E-state index in [-0.39, 0.29) is 11.9 Å². The minimum atomic E-state index is 0.0722. The predicted molar refractivity (Wildman–Crippen MR) is 74.4 cm³/mol. The summed E-state index contributed by atoms with van der Waals surface area (Å²) in [5.41, 5.74) is 0.339. The fourth-order valence-corrected chi connectivity index (χ4v) is 3.60. The summed E-state index contributed by atoms with van der Waals surface area (Å²) in [4.78, 5) is 13.9. The van der Waals surface area contributed by atoms with Crippen molar-refractivity contribution in [1.82, 2.24) is 10.2 Å². The standard InChI is InChI=1S/C15H28N2O/c1-15(2,3)11-7-5-6-8-12(11)16-13-9-10-17(4)14(13)18/h11-13,16H,5-10H2,1-4H3. The molecule has 1 saturated heterocycles. The van der Waals surface area contributed by atoms with Gasteiger partial charge in [0.25, 0.3) is 0 Å². The molecule has 1 aliphatic heterocycles. The Hall–Kier alpha value is -0.570. The number of carbonyl (C=O) groups is 1. The Balaban J connectivity index is 2.00. The van der Waals surface area contributed by atoms with Crippen LogP contribution in [0.15, 0.2) is 0 Å². The highest BCUT2D eigenvalue weighted by Gasteiger charge is 2.38. The molecule has 0 aromatic carbocycles. The van der Waals surface area contributed by atoms with E-state index in [0.717, 1.165) is 13.0 Å². The Kier molecular flexibility index (Phi) is 4.00. The van der Waals surface area contributed by atoms with Crippen LogP contribution < -0.4 is 5.32 Å². The number of hydrogen-bond acceptors (Lipinski definition) is 2. The summed E-state index contributed by atoms with van der Waals surface area (Å²) in [5, 5.41) is 3.66. The lowest BCUT2D eigenvalue weighted by molar-refractivity contribution is -0.128. The van der Waals surface area contributed by atoms with E-state index in [2.05, 4.69) is 26.1 Å². The Morgan fingerprint density at radius 2 is 1.83 bits per heavy atom. The Morgan fingerprint density at radius 1 is 1.17 bits per heavy atom. The van der Waals surface area contributed by atoms with Gasteiger partial charge in [0.05, 0.1) is 6.04 Å². The van der Waals surface area contributed by atoms with E-state index in [4.69, 9.17) is 0 Å². The molecule has 1 saturated carbocycles. The van der Waals surface area contributed by atoms with E-state index in [1.165, 1.54) is 25.7 Å². The summed E-state index contributed by atoms with van der Waals surface area (Å²) in [6.07, 6.45) is 6.16. The number of carbonyl (C=O) groups excluding carboxylic acids is 1. The van der Waals surface area contributed by atoms with Crippen molar-refractivity contribution in [1.29, 1.82) is 0 Å². The van der Waals surface area contributed by atoms with Crippen molar-refractivity contribution < 1.29 is 4.79 Å². The van der Waals surface area contributed by atoms with Crippen LogP contribution in [0.3, 0.4) is 0 Å². The van der Waals surface area contributed by atoms with E-state index >= 15 is 0 Å². The molecule has 3 atom stereocenters. The molecule has 1 amide bonds. The smallest absolute Gasteiger partial charge is 0.239 e. The zero-order valence-electron chi connectivity index (χ0n) is 12.3. The second-order valence-corrected chi connectivity index (χ2v) is 7.13. The molecule has 2 aliphatic rings. The summed E-state index contributed by atoms with van der Waals surface area (Å²) in [5.74, 6) is 0.984. The first-order valence-electron chi connectivity index (χ1n) is 7.40. The highest BCUT2D eigenvalue weighted by Crippen LogP contribution is 2.38. The second-order valence-electron chi connectivity index (χ2n) is 7.13. The number of nitrogens with one attached hydrogen (secondary N) is 1. The summed E-state index contributed by atoms with van der Waals surface area (Å²) in [7, 11) is 1.91. The van der Waals surface area contributed by atoms with Gasteiger partial charge in [0.2, 0.25) is 5.91 Å². The topological polar surface area (TPSA) is 32.3 Å². The Labute approximate surface area is 111 Å². The second kappa shape index (κ2) is 5.20. The molecule has 104 valence electrons. The molecule has 0 spiro atoms. The summed E-state index contributed by atoms with van der Waals surface area (Å²) >= 11 is 0. The van der Waals surface area contributed by atoms with Gasteiger partial charge in [-0.2, -0.15) is 0 Å². The van der Waals surface area contributed by atoms with Crippen LogP contribution >= 0.6 is 0 Å². The molecule has 3 nitrogen and oxygen atoms in total. The molecule has 3 unspecified atom stereocenters. The normalized spacial score (nSPS) is 34.1. The first-order valence-corrected chi connectivity index (χ1v) is 7.40. The van der Waals surface area contributed by atoms with Crippen molar-refractivity contribution in [3.63, 3.8) is 0 Å². The third-order valence-corrected chi connectivity index (χ3v) is 4.72. The van der Waals surface area contributed by atoms with E-state index in [9.17, 15) is 4.79 Å². The highest BCUT2D eigenvalue weighted by molar-refractivity contribution is 5.83. The maximum Gasteiger partial charge on any atom is 0.239 e. The predicted octanol–water partition coefficient (Wildman–Crippen LogP) is 2.41. The molecular weight excluding hydrogens is 224 g/mol. The zero-order valence-corrected chi connectivity index (χ0v) is 12.3. The van der Waals surface area contributed by atoms with Crippen LogP contribution in [0.5, 0.6) is 0 Å². The number of rotatable bonds is 2. The van der Waals surface area contributed by atoms with Gasteiger partial charge in [0.1, 0.15) is 0 Å². The van der Waals surface area contributed by atoms with E-state index in [0.29, 0.717) is 17.4 Å². The van der Waals surface area contributed by atoms with Gasteiger partial charge in [-0.1, -0.05) is 33.6 Å². The summed E-state index contributed by atoms with van der Waals surface area (Å²) in [6, 6.07) is 0.599. The average Bonchev–Trinajstić information content (AvgIpc) is 2.60. The first-order chi connectivity index (χ1) is 8.39. The number of amides is 1. The summed E-state index contributed by atoms with van der Waals surface area (Å²) < 4.78 is 0. The van der Waals surface area contributed by atoms with Gasteiger partial charge in [-0.15, -0.1) is 0 Å². The van der Waals surface area contributed by atoms with Crippen molar-refractivity contribution in [2.45, 2.75) is 65.0 Å². The van der Waals surface area contributed by atoms with Gasteiger partial charge in [0.15, 0.2) is 0 Å². The molecule has 2 fully saturated rings. The van der Waals surface area contributed by atoms with Gasteiger partial charge in [-0.05, 0) is 30.6 Å². The molecule has 0 aromatic heterocycles. The monoisotopic (exact) mass is 252 g/mol. The molecule has 3 heteroatoms. The largest absolute Gasteiger partial charge is 0.344 e. The van der Waals surface area contributed by atoms with E-state index < -0.39 is 0 Å². The molecular formula is C15H28N2O. The molecule has 18 heavy (non-hydrogen) atoms. The van der Waals surface area contributed by atoms with Crippen LogP contribution in [0.25, 0.3) is 0 Å². The maximum atomic E-state index is 12.0. The lowest BCUT2D eigenvalue weighted by Gasteiger charge is -2.41. The lowest BCUT2D eigenvalue weighted by atomic mass is 9.69. The fraction of sp³-hybridized carbons (Fsp3) is 0.933. The zero-order chi connectivity index (χ0) is 13.3. The fourth-order valence-electron chi connectivity index (χ4n) is 3.60. The van der Waals surface area contributed by atoms with Crippen molar-refractivity contribution >= 4 is 5.91 Å². The summed E-state index contributed by atoms with van der Waals surface area (Å²) in [6.45, 7) is 7.91. The average molecular weight is 252 g/mol. The van der Waals surface area contributed by atoms with Crippen molar-refractivity contribution in [3.05, 3.63) is 0 Å². The van der Waals surface area contributed by atoms with Crippen molar-refractivity contribution in [2.75, 3.05) is 13.6 Å². The van der Waals surface area contributed by atoms with Gasteiger partial charge < -0.3 is 10.2 Å². The molecule has 0 radical (unpaired) electrons. The SMILES string of the molecule is CN1CCC(NC2CCCCC2C(C)(C)C)C1=O. The molecule has 1 heterocycles. The van der Waals surface area contributed by atoms with Gasteiger partial charge >= 0.3 is 0 Å².